The molecule has 0 bridgehead atoms. The van der Waals surface area contributed by atoms with Gasteiger partial charge in [0.15, 0.2) is 11.5 Å². The summed E-state index contributed by atoms with van der Waals surface area (Å²) in [5.74, 6) is 1.32. The van der Waals surface area contributed by atoms with Crippen LogP contribution in [-0.2, 0) is 11.2 Å². The number of rotatable bonds is 8. The van der Waals surface area contributed by atoms with Gasteiger partial charge >= 0.3 is 0 Å². The van der Waals surface area contributed by atoms with E-state index in [1.165, 1.54) is 0 Å². The van der Waals surface area contributed by atoms with Gasteiger partial charge in [0.05, 0.1) is 20.3 Å². The molecule has 0 aliphatic carbocycles. The number of allylic oxidation sites excluding steroid dienone is 2. The Morgan fingerprint density at radius 2 is 1.85 bits per heavy atom. The summed E-state index contributed by atoms with van der Waals surface area (Å²) in [5, 5.41) is 10.2. The maximum absolute atomic E-state index is 12.2. The second-order valence-electron chi connectivity index (χ2n) is 6.46. The van der Waals surface area contributed by atoms with Crippen LogP contribution >= 0.6 is 0 Å². The molecule has 0 unspecified atom stereocenters. The molecule has 1 heterocycles. The van der Waals surface area contributed by atoms with E-state index in [2.05, 4.69) is 11.8 Å². The van der Waals surface area contributed by atoms with E-state index in [1.54, 1.807) is 38.5 Å². The van der Waals surface area contributed by atoms with Crippen LogP contribution in [0.15, 0.2) is 42.5 Å². The number of amides is 1. The highest BCUT2D eigenvalue weighted by Gasteiger charge is 2.17. The van der Waals surface area contributed by atoms with E-state index in [4.69, 9.17) is 9.47 Å². The Hall–Kier alpha value is -2.31. The third-order valence-electron chi connectivity index (χ3n) is 4.71. The van der Waals surface area contributed by atoms with Gasteiger partial charge in [-0.2, -0.15) is 0 Å². The molecule has 1 N–H and O–H groups in total. The fraction of sp³-hybridized carbons (Fsp3) is 0.476. The van der Waals surface area contributed by atoms with Crippen molar-refractivity contribution < 1.29 is 19.4 Å². The Bertz CT molecular complexity index is 664. The number of benzene rings is 1. The Kier molecular flexibility index (Phi) is 8.36. The van der Waals surface area contributed by atoms with Crippen LogP contribution in [0.25, 0.3) is 0 Å². The van der Waals surface area contributed by atoms with Gasteiger partial charge in [-0.25, -0.2) is 0 Å². The first kappa shape index (κ1) is 21.0. The highest BCUT2D eigenvalue weighted by Crippen LogP contribution is 2.28. The molecule has 1 saturated heterocycles. The topological polar surface area (TPSA) is 62.2 Å². The van der Waals surface area contributed by atoms with Gasteiger partial charge in [-0.3, -0.25) is 4.79 Å². The second-order valence-corrected chi connectivity index (χ2v) is 6.46. The predicted octanol–water partition coefficient (Wildman–Crippen LogP) is 1.88. The van der Waals surface area contributed by atoms with Crippen molar-refractivity contribution in [2.24, 2.45) is 0 Å². The van der Waals surface area contributed by atoms with Crippen LogP contribution in [0.2, 0.25) is 0 Å². The lowest BCUT2D eigenvalue weighted by molar-refractivity contribution is -0.127. The van der Waals surface area contributed by atoms with Gasteiger partial charge in [0.2, 0.25) is 5.91 Å². The largest absolute Gasteiger partial charge is 0.493 e. The monoisotopic (exact) mass is 374 g/mol. The van der Waals surface area contributed by atoms with Crippen LogP contribution in [0, 0.1) is 0 Å². The third-order valence-corrected chi connectivity index (χ3v) is 4.71. The van der Waals surface area contributed by atoms with Crippen LogP contribution < -0.4 is 9.47 Å². The van der Waals surface area contributed by atoms with Crippen LogP contribution in [0.5, 0.6) is 11.5 Å². The number of nitrogens with zero attached hydrogens (tertiary/aromatic N) is 2. The molecule has 1 fully saturated rings. The maximum atomic E-state index is 12.2. The molecular formula is C21H30N2O4. The van der Waals surface area contributed by atoms with E-state index >= 15 is 0 Å². The molecule has 6 nitrogen and oxygen atoms in total. The summed E-state index contributed by atoms with van der Waals surface area (Å²) in [5.41, 5.74) is 0.943. The van der Waals surface area contributed by atoms with E-state index in [-0.39, 0.29) is 5.91 Å². The molecule has 1 aliphatic rings. The second kappa shape index (κ2) is 10.7. The van der Waals surface area contributed by atoms with Crippen LogP contribution in [-0.4, -0.2) is 73.9 Å². The van der Waals surface area contributed by atoms with Crippen LogP contribution in [0.3, 0.4) is 0 Å². The molecule has 2 rings (SSSR count). The zero-order valence-electron chi connectivity index (χ0n) is 16.4. The van der Waals surface area contributed by atoms with E-state index in [1.807, 2.05) is 23.1 Å². The molecule has 0 saturated carbocycles. The number of aliphatic hydroxyl groups is 1. The number of methoxy groups -OCH3 is 2. The zero-order valence-corrected chi connectivity index (χ0v) is 16.4. The highest BCUT2D eigenvalue weighted by molar-refractivity contribution is 5.87. The molecule has 1 amide bonds. The van der Waals surface area contributed by atoms with Crippen molar-refractivity contribution in [2.75, 3.05) is 46.9 Å². The molecule has 1 aromatic carbocycles. The Morgan fingerprint density at radius 1 is 1.15 bits per heavy atom. The smallest absolute Gasteiger partial charge is 0.246 e. The molecular weight excluding hydrogens is 344 g/mol. The number of aliphatic hydroxyl groups excluding tert-OH is 1. The van der Waals surface area contributed by atoms with Gasteiger partial charge in [-0.1, -0.05) is 31.2 Å². The van der Waals surface area contributed by atoms with Crippen molar-refractivity contribution in [3.05, 3.63) is 48.1 Å². The fourth-order valence-electron chi connectivity index (χ4n) is 3.04. The first-order chi connectivity index (χ1) is 13.1. The van der Waals surface area contributed by atoms with Gasteiger partial charge in [-0.15, -0.1) is 0 Å². The molecule has 1 atom stereocenters. The lowest BCUT2D eigenvalue weighted by Gasteiger charge is -2.33. The standard InChI is InChI=1S/C21H30N2O4/c1-4-22-11-13-23(14-12-22)21(25)8-6-5-7-18(24)15-17-9-10-19(26-2)20(16-17)27-3/h5-10,16,18,24H,4,11-15H2,1-3H3/b7-5+,8-6+/t18-/m0/s1. The number of ether oxygens (including phenoxy) is 2. The average molecular weight is 374 g/mol. The van der Waals surface area contributed by atoms with Crippen molar-refractivity contribution in [3.8, 4) is 11.5 Å². The molecule has 148 valence electrons. The molecule has 6 heteroatoms. The Morgan fingerprint density at radius 3 is 2.48 bits per heavy atom. The average Bonchev–Trinajstić information content (AvgIpc) is 2.71. The van der Waals surface area contributed by atoms with Gasteiger partial charge in [0.25, 0.3) is 0 Å². The van der Waals surface area contributed by atoms with Crippen molar-refractivity contribution >= 4 is 5.91 Å². The maximum Gasteiger partial charge on any atom is 0.246 e. The van der Waals surface area contributed by atoms with Crippen LogP contribution in [0.4, 0.5) is 0 Å². The summed E-state index contributed by atoms with van der Waals surface area (Å²) >= 11 is 0. The number of piperazine rings is 1. The number of hydrogen-bond acceptors (Lipinski definition) is 5. The fourth-order valence-corrected chi connectivity index (χ4v) is 3.04. The van der Waals surface area contributed by atoms with Crippen molar-refractivity contribution in [1.82, 2.24) is 9.80 Å². The Labute approximate surface area is 161 Å². The Balaban J connectivity index is 1.81. The minimum Gasteiger partial charge on any atom is -0.493 e. The van der Waals surface area contributed by atoms with Crippen molar-refractivity contribution in [3.63, 3.8) is 0 Å². The minimum atomic E-state index is -0.643. The van der Waals surface area contributed by atoms with Crippen molar-refractivity contribution in [1.29, 1.82) is 0 Å². The molecule has 1 aliphatic heterocycles. The number of hydrogen-bond donors (Lipinski definition) is 1. The van der Waals surface area contributed by atoms with E-state index in [9.17, 15) is 9.90 Å². The molecule has 0 spiro atoms. The molecule has 0 aromatic heterocycles. The van der Waals surface area contributed by atoms with Crippen LogP contribution in [0.1, 0.15) is 12.5 Å². The van der Waals surface area contributed by atoms with Gasteiger partial charge < -0.3 is 24.4 Å². The molecule has 0 radical (unpaired) electrons. The molecule has 27 heavy (non-hydrogen) atoms. The summed E-state index contributed by atoms with van der Waals surface area (Å²) in [6, 6.07) is 5.57. The van der Waals surface area contributed by atoms with Gasteiger partial charge in [0.1, 0.15) is 0 Å². The van der Waals surface area contributed by atoms with Gasteiger partial charge in [-0.05, 0) is 24.2 Å². The number of carbonyl (C=O) groups is 1. The SMILES string of the molecule is CCN1CCN(C(=O)/C=C/C=C/[C@H](O)Cc2ccc(OC)c(OC)c2)CC1. The first-order valence-electron chi connectivity index (χ1n) is 9.32. The van der Waals surface area contributed by atoms with Crippen molar-refractivity contribution in [2.45, 2.75) is 19.4 Å². The summed E-state index contributed by atoms with van der Waals surface area (Å²) in [4.78, 5) is 16.3. The third kappa shape index (κ3) is 6.41. The summed E-state index contributed by atoms with van der Waals surface area (Å²) in [7, 11) is 3.17. The first-order valence-corrected chi connectivity index (χ1v) is 9.32. The highest BCUT2D eigenvalue weighted by atomic mass is 16.5. The number of carbonyl (C=O) groups excluding carboxylic acids is 1. The zero-order chi connectivity index (χ0) is 19.6. The van der Waals surface area contributed by atoms with Gasteiger partial charge in [0, 0.05) is 38.7 Å². The summed E-state index contributed by atoms with van der Waals surface area (Å²) in [6.45, 7) is 6.55. The predicted molar refractivity (Wildman–Crippen MR) is 106 cm³/mol. The normalized spacial score (nSPS) is 16.8. The quantitative estimate of drug-likeness (QED) is 0.556. The van der Waals surface area contributed by atoms with E-state index in [0.29, 0.717) is 17.9 Å². The lowest BCUT2D eigenvalue weighted by Crippen LogP contribution is -2.48. The summed E-state index contributed by atoms with van der Waals surface area (Å²) < 4.78 is 10.5. The molecule has 1 aromatic rings. The minimum absolute atomic E-state index is 0.0183. The summed E-state index contributed by atoms with van der Waals surface area (Å²) in [6.07, 6.45) is 6.45. The van der Waals surface area contributed by atoms with E-state index < -0.39 is 6.10 Å². The van der Waals surface area contributed by atoms with E-state index in [0.717, 1.165) is 38.3 Å². The number of likely N-dealkylation sites (N-methyl/N-ethyl adjacent to an activating group) is 1. The lowest BCUT2D eigenvalue weighted by atomic mass is 10.1.